The Morgan fingerprint density at radius 1 is 1.00 bits per heavy atom. The van der Waals surface area contributed by atoms with Gasteiger partial charge in [0.2, 0.25) is 10.0 Å². The molecule has 0 aliphatic heterocycles. The molecule has 2 rings (SSSR count). The third-order valence-electron chi connectivity index (χ3n) is 3.13. The van der Waals surface area contributed by atoms with Crippen molar-refractivity contribution < 1.29 is 8.42 Å². The van der Waals surface area contributed by atoms with E-state index in [1.54, 1.807) is 30.0 Å². The first-order valence-electron chi connectivity index (χ1n) is 6.73. The van der Waals surface area contributed by atoms with Gasteiger partial charge in [0, 0.05) is 30.6 Å². The Kier molecular flexibility index (Phi) is 5.92. The molecule has 0 heterocycles. The third-order valence-corrected chi connectivity index (χ3v) is 6.27. The summed E-state index contributed by atoms with van der Waals surface area (Å²) in [5.41, 5.74) is 2.20. The van der Waals surface area contributed by atoms with E-state index in [4.69, 9.17) is 11.6 Å². The van der Waals surface area contributed by atoms with Gasteiger partial charge >= 0.3 is 0 Å². The van der Waals surface area contributed by atoms with Gasteiger partial charge in [-0.2, -0.15) is 11.8 Å². The summed E-state index contributed by atoms with van der Waals surface area (Å²) in [6, 6.07) is 14.9. The van der Waals surface area contributed by atoms with Gasteiger partial charge in [-0.3, -0.25) is 0 Å². The lowest BCUT2D eigenvalue weighted by atomic mass is 10.2. The number of sulfonamides is 1. The first kappa shape index (κ1) is 17.3. The predicted molar refractivity (Wildman–Crippen MR) is 93.8 cm³/mol. The molecule has 2 aromatic carbocycles. The number of hydrogen-bond donors (Lipinski definition) is 0. The van der Waals surface area contributed by atoms with E-state index >= 15 is 0 Å². The molecule has 6 heteroatoms. The first-order valence-corrected chi connectivity index (χ1v) is 9.70. The average Bonchev–Trinajstić information content (AvgIpc) is 2.49. The van der Waals surface area contributed by atoms with E-state index in [1.807, 2.05) is 30.3 Å². The predicted octanol–water partition coefficient (Wildman–Crippen LogP) is 4.02. The van der Waals surface area contributed by atoms with Crippen LogP contribution in [-0.2, 0) is 21.5 Å². The molecule has 0 unspecified atom stereocenters. The molecule has 0 spiro atoms. The van der Waals surface area contributed by atoms with Crippen LogP contribution < -0.4 is 0 Å². The molecule has 22 heavy (non-hydrogen) atoms. The molecule has 0 atom stereocenters. The van der Waals surface area contributed by atoms with Gasteiger partial charge in [0.05, 0.1) is 4.90 Å². The Morgan fingerprint density at radius 3 is 2.27 bits per heavy atom. The molecule has 2 aromatic rings. The zero-order valence-corrected chi connectivity index (χ0v) is 14.9. The lowest BCUT2D eigenvalue weighted by molar-refractivity contribution is 0.520. The Morgan fingerprint density at radius 2 is 1.64 bits per heavy atom. The molecule has 0 saturated heterocycles. The molecular weight excluding hydrogens is 338 g/mol. The normalized spacial score (nSPS) is 11.8. The van der Waals surface area contributed by atoms with Crippen molar-refractivity contribution in [2.75, 3.05) is 14.1 Å². The van der Waals surface area contributed by atoms with Crippen LogP contribution in [0, 0.1) is 0 Å². The van der Waals surface area contributed by atoms with E-state index in [-0.39, 0.29) is 0 Å². The summed E-state index contributed by atoms with van der Waals surface area (Å²) in [5.74, 6) is 1.63. The van der Waals surface area contributed by atoms with E-state index in [0.717, 1.165) is 22.1 Å². The highest BCUT2D eigenvalue weighted by atomic mass is 35.5. The van der Waals surface area contributed by atoms with Gasteiger partial charge in [0.25, 0.3) is 0 Å². The smallest absolute Gasteiger partial charge is 0.207 e. The fraction of sp³-hybridized carbons (Fsp3) is 0.250. The second-order valence-electron chi connectivity index (χ2n) is 5.05. The van der Waals surface area contributed by atoms with Crippen molar-refractivity contribution in [2.24, 2.45) is 0 Å². The Hall–Kier alpha value is -1.01. The topological polar surface area (TPSA) is 37.4 Å². The van der Waals surface area contributed by atoms with Crippen LogP contribution in [0.1, 0.15) is 11.1 Å². The SMILES string of the molecule is CN(C)S(=O)(=O)c1cccc(CSCc2ccc(Cl)cc2)c1. The molecule has 0 amide bonds. The average molecular weight is 356 g/mol. The third kappa shape index (κ3) is 4.49. The van der Waals surface area contributed by atoms with Crippen LogP contribution >= 0.6 is 23.4 Å². The molecule has 118 valence electrons. The van der Waals surface area contributed by atoms with Crippen LogP contribution in [0.15, 0.2) is 53.4 Å². The van der Waals surface area contributed by atoms with Crippen LogP contribution in [0.2, 0.25) is 5.02 Å². The van der Waals surface area contributed by atoms with Gasteiger partial charge < -0.3 is 0 Å². The number of thioether (sulfide) groups is 1. The number of benzene rings is 2. The maximum atomic E-state index is 12.1. The van der Waals surface area contributed by atoms with Crippen molar-refractivity contribution in [3.63, 3.8) is 0 Å². The standard InChI is InChI=1S/C16H18ClNO2S2/c1-18(2)22(19,20)16-5-3-4-14(10-16)12-21-11-13-6-8-15(17)9-7-13/h3-10H,11-12H2,1-2H3. The Bertz CT molecular complexity index is 728. The van der Waals surface area contributed by atoms with Gasteiger partial charge in [-0.25, -0.2) is 12.7 Å². The van der Waals surface area contributed by atoms with E-state index in [9.17, 15) is 8.42 Å². The molecule has 0 bridgehead atoms. The van der Waals surface area contributed by atoms with Gasteiger partial charge in [-0.15, -0.1) is 0 Å². The minimum atomic E-state index is -3.37. The second kappa shape index (κ2) is 7.51. The van der Waals surface area contributed by atoms with Gasteiger partial charge in [-0.1, -0.05) is 35.9 Å². The maximum absolute atomic E-state index is 12.1. The minimum Gasteiger partial charge on any atom is -0.207 e. The van der Waals surface area contributed by atoms with Crippen LogP contribution in [0.4, 0.5) is 0 Å². The molecular formula is C16H18ClNO2S2. The summed E-state index contributed by atoms with van der Waals surface area (Å²) < 4.78 is 25.5. The molecule has 0 radical (unpaired) electrons. The monoisotopic (exact) mass is 355 g/mol. The summed E-state index contributed by atoms with van der Waals surface area (Å²) in [5, 5.41) is 0.732. The molecule has 0 N–H and O–H groups in total. The number of nitrogens with zero attached hydrogens (tertiary/aromatic N) is 1. The van der Waals surface area contributed by atoms with Crippen molar-refractivity contribution in [1.82, 2.24) is 4.31 Å². The van der Waals surface area contributed by atoms with Gasteiger partial charge in [0.1, 0.15) is 0 Å². The van der Waals surface area contributed by atoms with Gasteiger partial charge in [0.15, 0.2) is 0 Å². The van der Waals surface area contributed by atoms with Crippen LogP contribution in [0.3, 0.4) is 0 Å². The molecule has 0 saturated carbocycles. The van der Waals surface area contributed by atoms with Crippen LogP contribution in [0.25, 0.3) is 0 Å². The van der Waals surface area contributed by atoms with Crippen molar-refractivity contribution >= 4 is 33.4 Å². The van der Waals surface area contributed by atoms with E-state index in [1.165, 1.54) is 24.0 Å². The largest absolute Gasteiger partial charge is 0.242 e. The lowest BCUT2D eigenvalue weighted by Gasteiger charge is -2.12. The van der Waals surface area contributed by atoms with Crippen molar-refractivity contribution in [3.05, 3.63) is 64.7 Å². The molecule has 0 fully saturated rings. The van der Waals surface area contributed by atoms with Crippen molar-refractivity contribution in [2.45, 2.75) is 16.4 Å². The summed E-state index contributed by atoms with van der Waals surface area (Å²) in [6.07, 6.45) is 0. The number of hydrogen-bond acceptors (Lipinski definition) is 3. The van der Waals surface area contributed by atoms with Crippen molar-refractivity contribution in [1.29, 1.82) is 0 Å². The lowest BCUT2D eigenvalue weighted by Crippen LogP contribution is -2.22. The summed E-state index contributed by atoms with van der Waals surface area (Å²) in [7, 11) is -0.294. The molecule has 3 nitrogen and oxygen atoms in total. The Labute approximate surface area is 141 Å². The number of halogens is 1. The highest BCUT2D eigenvalue weighted by Gasteiger charge is 2.16. The first-order chi connectivity index (χ1) is 10.4. The zero-order valence-electron chi connectivity index (χ0n) is 12.5. The summed E-state index contributed by atoms with van der Waals surface area (Å²) in [6.45, 7) is 0. The minimum absolute atomic E-state index is 0.335. The fourth-order valence-corrected chi connectivity index (χ4v) is 3.92. The van der Waals surface area contributed by atoms with E-state index < -0.39 is 10.0 Å². The van der Waals surface area contributed by atoms with Gasteiger partial charge in [-0.05, 0) is 35.4 Å². The van der Waals surface area contributed by atoms with Crippen LogP contribution in [-0.4, -0.2) is 26.8 Å². The van der Waals surface area contributed by atoms with Crippen LogP contribution in [0.5, 0.6) is 0 Å². The molecule has 0 aromatic heterocycles. The summed E-state index contributed by atoms with van der Waals surface area (Å²) >= 11 is 7.60. The quantitative estimate of drug-likeness (QED) is 0.785. The summed E-state index contributed by atoms with van der Waals surface area (Å²) in [4.78, 5) is 0.335. The Balaban J connectivity index is 2.01. The highest BCUT2D eigenvalue weighted by molar-refractivity contribution is 7.97. The van der Waals surface area contributed by atoms with E-state index in [2.05, 4.69) is 0 Å². The molecule has 0 aliphatic rings. The highest BCUT2D eigenvalue weighted by Crippen LogP contribution is 2.22. The van der Waals surface area contributed by atoms with E-state index in [0.29, 0.717) is 4.90 Å². The fourth-order valence-electron chi connectivity index (χ4n) is 1.87. The zero-order chi connectivity index (χ0) is 16.2. The second-order valence-corrected chi connectivity index (χ2v) is 8.63. The van der Waals surface area contributed by atoms with Crippen molar-refractivity contribution in [3.8, 4) is 0 Å². The maximum Gasteiger partial charge on any atom is 0.242 e. The number of rotatable bonds is 6. The molecule has 0 aliphatic carbocycles.